The normalized spacial score (nSPS) is 14.6. The van der Waals surface area contributed by atoms with Crippen molar-refractivity contribution >= 4 is 17.7 Å². The lowest BCUT2D eigenvalue weighted by Crippen LogP contribution is -2.33. The van der Waals surface area contributed by atoms with Gasteiger partial charge in [0.15, 0.2) is 0 Å². The van der Waals surface area contributed by atoms with Crippen LogP contribution in [0.5, 0.6) is 0 Å². The lowest BCUT2D eigenvalue weighted by Gasteiger charge is -2.27. The topological polar surface area (TPSA) is 70.4 Å². The summed E-state index contributed by atoms with van der Waals surface area (Å²) >= 11 is 1.43. The van der Waals surface area contributed by atoms with Crippen molar-refractivity contribution in [2.75, 3.05) is 5.75 Å². The van der Waals surface area contributed by atoms with E-state index in [1.54, 1.807) is 13.0 Å². The number of aromatic carboxylic acids is 1. The summed E-state index contributed by atoms with van der Waals surface area (Å²) in [5, 5.41) is 18.9. The lowest BCUT2D eigenvalue weighted by atomic mass is 9.95. The Morgan fingerprint density at radius 3 is 2.76 bits per heavy atom. The highest BCUT2D eigenvalue weighted by molar-refractivity contribution is 7.99. The zero-order valence-corrected chi connectivity index (χ0v) is 11.0. The maximum Gasteiger partial charge on any atom is 0.354 e. The summed E-state index contributed by atoms with van der Waals surface area (Å²) in [4.78, 5) is 15.3. The SMILES string of the molecule is CC(C)C(C)(O)CSc1ccnc(C(=O)O)c1. The van der Waals surface area contributed by atoms with Crippen LogP contribution in [0.4, 0.5) is 0 Å². The summed E-state index contributed by atoms with van der Waals surface area (Å²) in [6.45, 7) is 5.69. The molecule has 5 heteroatoms. The number of aromatic nitrogens is 1. The van der Waals surface area contributed by atoms with Gasteiger partial charge in [0.1, 0.15) is 5.69 Å². The van der Waals surface area contributed by atoms with Gasteiger partial charge in [-0.3, -0.25) is 0 Å². The van der Waals surface area contributed by atoms with Gasteiger partial charge in [-0.25, -0.2) is 9.78 Å². The number of nitrogens with zero attached hydrogens (tertiary/aromatic N) is 1. The largest absolute Gasteiger partial charge is 0.477 e. The molecule has 1 atom stereocenters. The molecule has 1 rings (SSSR count). The van der Waals surface area contributed by atoms with Crippen molar-refractivity contribution in [2.45, 2.75) is 31.3 Å². The first-order valence-corrected chi connectivity index (χ1v) is 6.36. The smallest absolute Gasteiger partial charge is 0.354 e. The molecular formula is C12H17NO3S. The Morgan fingerprint density at radius 1 is 1.59 bits per heavy atom. The van der Waals surface area contributed by atoms with E-state index in [9.17, 15) is 9.90 Å². The number of pyridine rings is 1. The Balaban J connectivity index is 2.70. The van der Waals surface area contributed by atoms with Crippen molar-refractivity contribution in [3.8, 4) is 0 Å². The molecule has 1 aromatic heterocycles. The summed E-state index contributed by atoms with van der Waals surface area (Å²) in [5.41, 5.74) is -0.740. The average molecular weight is 255 g/mol. The molecule has 0 bridgehead atoms. The van der Waals surface area contributed by atoms with E-state index in [1.807, 2.05) is 13.8 Å². The Labute approximate surface area is 105 Å². The zero-order valence-electron chi connectivity index (χ0n) is 10.2. The second-order valence-electron chi connectivity index (χ2n) is 4.48. The van der Waals surface area contributed by atoms with Gasteiger partial charge in [0.05, 0.1) is 5.60 Å². The summed E-state index contributed by atoms with van der Waals surface area (Å²) in [6, 6.07) is 3.26. The molecule has 1 unspecified atom stereocenters. The minimum Gasteiger partial charge on any atom is -0.477 e. The van der Waals surface area contributed by atoms with Crippen molar-refractivity contribution in [1.82, 2.24) is 4.98 Å². The van der Waals surface area contributed by atoms with Gasteiger partial charge < -0.3 is 10.2 Å². The highest BCUT2D eigenvalue weighted by atomic mass is 32.2. The minimum atomic E-state index is -1.04. The fraction of sp³-hybridized carbons (Fsp3) is 0.500. The minimum absolute atomic E-state index is 0.0270. The Kier molecular flexibility index (Phi) is 4.54. The third-order valence-corrected chi connectivity index (χ3v) is 4.04. The molecule has 0 spiro atoms. The summed E-state index contributed by atoms with van der Waals surface area (Å²) in [6.07, 6.45) is 1.47. The fourth-order valence-electron chi connectivity index (χ4n) is 1.01. The van der Waals surface area contributed by atoms with Crippen LogP contribution in [-0.4, -0.2) is 32.5 Å². The van der Waals surface area contributed by atoms with Gasteiger partial charge in [0, 0.05) is 16.8 Å². The van der Waals surface area contributed by atoms with Crippen molar-refractivity contribution in [2.24, 2.45) is 5.92 Å². The van der Waals surface area contributed by atoms with Gasteiger partial charge in [-0.1, -0.05) is 13.8 Å². The summed E-state index contributed by atoms with van der Waals surface area (Å²) in [7, 11) is 0. The molecular weight excluding hydrogens is 238 g/mol. The van der Waals surface area contributed by atoms with Gasteiger partial charge in [0.25, 0.3) is 0 Å². The van der Waals surface area contributed by atoms with Gasteiger partial charge in [0.2, 0.25) is 0 Å². The van der Waals surface area contributed by atoms with E-state index < -0.39 is 11.6 Å². The molecule has 0 fully saturated rings. The zero-order chi connectivity index (χ0) is 13.1. The first-order valence-electron chi connectivity index (χ1n) is 5.37. The Bertz CT molecular complexity index is 404. The molecule has 4 nitrogen and oxygen atoms in total. The van der Waals surface area contributed by atoms with E-state index in [0.717, 1.165) is 4.90 Å². The first-order chi connectivity index (χ1) is 7.83. The predicted octanol–water partition coefficient (Wildman–Crippen LogP) is 2.28. The second kappa shape index (κ2) is 5.51. The van der Waals surface area contributed by atoms with Crippen molar-refractivity contribution in [3.05, 3.63) is 24.0 Å². The molecule has 0 aromatic carbocycles. The van der Waals surface area contributed by atoms with E-state index in [2.05, 4.69) is 4.98 Å². The van der Waals surface area contributed by atoms with Crippen molar-refractivity contribution in [3.63, 3.8) is 0 Å². The number of thioether (sulfide) groups is 1. The number of aliphatic hydroxyl groups is 1. The standard InChI is InChI=1S/C12H17NO3S/c1-8(2)12(3,16)7-17-9-4-5-13-10(6-9)11(14)15/h4-6,8,16H,7H2,1-3H3,(H,14,15). The quantitative estimate of drug-likeness (QED) is 0.790. The van der Waals surface area contributed by atoms with Crippen LogP contribution in [0.15, 0.2) is 23.2 Å². The Morgan fingerprint density at radius 2 is 2.24 bits per heavy atom. The monoisotopic (exact) mass is 255 g/mol. The second-order valence-corrected chi connectivity index (χ2v) is 5.53. The van der Waals surface area contributed by atoms with E-state index in [4.69, 9.17) is 5.11 Å². The van der Waals surface area contributed by atoms with Crippen LogP contribution in [0.25, 0.3) is 0 Å². The molecule has 0 amide bonds. The molecule has 1 heterocycles. The van der Waals surface area contributed by atoms with Crippen LogP contribution >= 0.6 is 11.8 Å². The third-order valence-electron chi connectivity index (χ3n) is 2.73. The van der Waals surface area contributed by atoms with Gasteiger partial charge in [-0.15, -0.1) is 11.8 Å². The highest BCUT2D eigenvalue weighted by Gasteiger charge is 2.24. The van der Waals surface area contributed by atoms with Crippen LogP contribution in [-0.2, 0) is 0 Å². The average Bonchev–Trinajstić information content (AvgIpc) is 2.26. The fourth-order valence-corrected chi connectivity index (χ4v) is 2.16. The third kappa shape index (κ3) is 4.02. The van der Waals surface area contributed by atoms with Crippen molar-refractivity contribution < 1.29 is 15.0 Å². The number of carboxylic acids is 1. The molecule has 1 aromatic rings. The summed E-state index contributed by atoms with van der Waals surface area (Å²) in [5.74, 6) is -0.368. The number of hydrogen-bond donors (Lipinski definition) is 2. The van der Waals surface area contributed by atoms with Crippen molar-refractivity contribution in [1.29, 1.82) is 0 Å². The number of hydrogen-bond acceptors (Lipinski definition) is 4. The van der Waals surface area contributed by atoms with E-state index in [0.29, 0.717) is 5.75 Å². The predicted molar refractivity (Wildman–Crippen MR) is 67.4 cm³/mol. The Hall–Kier alpha value is -1.07. The molecule has 0 saturated heterocycles. The van der Waals surface area contributed by atoms with E-state index in [1.165, 1.54) is 24.0 Å². The van der Waals surface area contributed by atoms with Gasteiger partial charge >= 0.3 is 5.97 Å². The molecule has 0 aliphatic heterocycles. The first kappa shape index (κ1) is 14.0. The van der Waals surface area contributed by atoms with Crippen LogP contribution in [0.3, 0.4) is 0 Å². The molecule has 0 aliphatic carbocycles. The number of carbonyl (C=O) groups is 1. The molecule has 94 valence electrons. The summed E-state index contributed by atoms with van der Waals surface area (Å²) < 4.78 is 0. The van der Waals surface area contributed by atoms with Crippen LogP contribution in [0.1, 0.15) is 31.3 Å². The number of carboxylic acid groups (broad SMARTS) is 1. The van der Waals surface area contributed by atoms with Crippen LogP contribution in [0, 0.1) is 5.92 Å². The van der Waals surface area contributed by atoms with E-state index in [-0.39, 0.29) is 11.6 Å². The molecule has 0 aliphatic rings. The molecule has 2 N–H and O–H groups in total. The lowest BCUT2D eigenvalue weighted by molar-refractivity contribution is 0.0376. The van der Waals surface area contributed by atoms with Gasteiger partial charge in [-0.05, 0) is 25.0 Å². The molecule has 0 radical (unpaired) electrons. The van der Waals surface area contributed by atoms with Gasteiger partial charge in [-0.2, -0.15) is 0 Å². The maximum atomic E-state index is 10.7. The number of rotatable bonds is 5. The van der Waals surface area contributed by atoms with Crippen LogP contribution < -0.4 is 0 Å². The molecule has 0 saturated carbocycles. The van der Waals surface area contributed by atoms with E-state index >= 15 is 0 Å². The maximum absolute atomic E-state index is 10.7. The highest BCUT2D eigenvalue weighted by Crippen LogP contribution is 2.27. The molecule has 17 heavy (non-hydrogen) atoms. The van der Waals surface area contributed by atoms with Crippen LogP contribution in [0.2, 0.25) is 0 Å².